The van der Waals surface area contributed by atoms with Gasteiger partial charge in [0.1, 0.15) is 0 Å². The second-order valence-electron chi connectivity index (χ2n) is 11.8. The molecular weight excluding hydrogens is 657 g/mol. The lowest BCUT2D eigenvalue weighted by Crippen LogP contribution is -2.27. The molecule has 2 N–H and O–H groups in total. The van der Waals surface area contributed by atoms with E-state index < -0.39 is 0 Å². The van der Waals surface area contributed by atoms with Crippen LogP contribution >= 0.6 is 0 Å². The first kappa shape index (κ1) is 45.7. The molecular formula is C47H60N2O4. The van der Waals surface area contributed by atoms with Crippen LogP contribution in [0.25, 0.3) is 24.3 Å². The first-order valence-corrected chi connectivity index (χ1v) is 18.3. The van der Waals surface area contributed by atoms with E-state index in [0.717, 1.165) is 43.5 Å². The molecule has 0 saturated heterocycles. The number of ether oxygens (including phenoxy) is 2. The minimum Gasteiger partial charge on any atom is -0.379 e. The molecule has 0 aliphatic rings. The molecule has 6 nitrogen and oxygen atoms in total. The van der Waals surface area contributed by atoms with E-state index in [-0.39, 0.29) is 11.8 Å². The number of hydrogen-bond acceptors (Lipinski definition) is 4. The van der Waals surface area contributed by atoms with Gasteiger partial charge in [-0.3, -0.25) is 9.59 Å². The van der Waals surface area contributed by atoms with Gasteiger partial charge >= 0.3 is 0 Å². The zero-order valence-electron chi connectivity index (χ0n) is 32.4. The summed E-state index contributed by atoms with van der Waals surface area (Å²) in [6, 6.07) is 31.4. The van der Waals surface area contributed by atoms with Gasteiger partial charge in [-0.2, -0.15) is 0 Å². The van der Waals surface area contributed by atoms with Crippen molar-refractivity contribution in [3.05, 3.63) is 168 Å². The normalized spacial score (nSPS) is 9.66. The minimum atomic E-state index is -0.0913. The maximum Gasteiger partial charge on any atom is 0.251 e. The van der Waals surface area contributed by atoms with Crippen molar-refractivity contribution in [3.63, 3.8) is 0 Å². The Balaban J connectivity index is 0.000000372. The Morgan fingerprint density at radius 1 is 0.509 bits per heavy atom. The van der Waals surface area contributed by atoms with Crippen LogP contribution in [-0.4, -0.2) is 51.3 Å². The zero-order valence-corrected chi connectivity index (χ0v) is 32.4. The molecule has 0 aliphatic heterocycles. The van der Waals surface area contributed by atoms with Crippen molar-refractivity contribution >= 4 is 36.1 Å². The van der Waals surface area contributed by atoms with Gasteiger partial charge in [-0.05, 0) is 78.3 Å². The summed E-state index contributed by atoms with van der Waals surface area (Å²) in [5.74, 6) is -0.103. The Morgan fingerprint density at radius 3 is 1.26 bits per heavy atom. The summed E-state index contributed by atoms with van der Waals surface area (Å²) in [6.07, 6.45) is 10.3. The number of hydrogen-bond donors (Lipinski definition) is 2. The molecule has 0 heterocycles. The number of rotatable bonds is 17. The largest absolute Gasteiger partial charge is 0.379 e. The summed E-state index contributed by atoms with van der Waals surface area (Å²) >= 11 is 0. The number of aryl methyl sites for hydroxylation is 2. The monoisotopic (exact) mass is 716 g/mol. The molecule has 0 unspecified atom stereocenters. The number of nitrogens with one attached hydrogen (secondary N) is 2. The molecule has 2 amide bonds. The molecule has 4 aromatic carbocycles. The molecule has 282 valence electrons. The van der Waals surface area contributed by atoms with Crippen LogP contribution in [0.1, 0.15) is 87.7 Å². The van der Waals surface area contributed by atoms with Gasteiger partial charge in [-0.1, -0.05) is 150 Å². The fourth-order valence-electron chi connectivity index (χ4n) is 4.28. The molecule has 0 spiro atoms. The standard InChI is InChI=1S/C16H23NO3.C12H15NO.C10H12.C9H10/c1-3-10-19-12-13-20-11-9-17-16(18)15-7-5-14(4-2)6-8-15;1-3-9-13-12(14)11-7-5-10(4-2)6-8-11;1-3-9-5-7-10(4-2)8-6-9;1-3-9-6-4-8(2)5-7-9/h4-8H,2-3,9-13H2,1H3,(H,17,18);4-8H,2-3,9H2,1H3,(H,13,14);3,5-8H,1,4H2,2H3;3-7H,1H2,2H3. The molecule has 4 rings (SSSR count). The average Bonchev–Trinajstić information content (AvgIpc) is 3.22. The number of benzene rings is 4. The molecule has 0 saturated carbocycles. The van der Waals surface area contributed by atoms with Crippen LogP contribution in [0.3, 0.4) is 0 Å². The Morgan fingerprint density at radius 2 is 0.887 bits per heavy atom. The minimum absolute atomic E-state index is 0.0116. The van der Waals surface area contributed by atoms with Crippen molar-refractivity contribution in [1.29, 1.82) is 0 Å². The molecule has 4 aromatic rings. The SMILES string of the molecule is C=Cc1ccc(C(=O)NCCC)cc1.C=Cc1ccc(C(=O)NCCOCCOCCC)cc1.C=Cc1ccc(C)cc1.C=Cc1ccc(CC)cc1. The average molecular weight is 717 g/mol. The highest BCUT2D eigenvalue weighted by molar-refractivity contribution is 5.94. The Hall–Kier alpha value is -5.30. The lowest BCUT2D eigenvalue weighted by molar-refractivity contribution is 0.0485. The molecule has 0 aliphatic carbocycles. The second kappa shape index (κ2) is 29.3. The molecule has 0 fully saturated rings. The third kappa shape index (κ3) is 21.0. The topological polar surface area (TPSA) is 76.7 Å². The lowest BCUT2D eigenvalue weighted by Gasteiger charge is -2.07. The number of amides is 2. The van der Waals surface area contributed by atoms with E-state index in [1.54, 1.807) is 24.3 Å². The summed E-state index contributed by atoms with van der Waals surface area (Å²) in [5, 5.41) is 5.63. The maximum absolute atomic E-state index is 11.8. The van der Waals surface area contributed by atoms with Crippen LogP contribution in [0.5, 0.6) is 0 Å². The Labute approximate surface area is 319 Å². The van der Waals surface area contributed by atoms with Gasteiger partial charge in [0.05, 0.1) is 19.8 Å². The van der Waals surface area contributed by atoms with Gasteiger partial charge in [-0.25, -0.2) is 0 Å². The van der Waals surface area contributed by atoms with E-state index in [1.807, 2.05) is 55.5 Å². The van der Waals surface area contributed by atoms with E-state index in [2.05, 4.69) is 106 Å². The van der Waals surface area contributed by atoms with E-state index in [0.29, 0.717) is 37.5 Å². The van der Waals surface area contributed by atoms with Crippen LogP contribution in [-0.2, 0) is 15.9 Å². The molecule has 0 bridgehead atoms. The summed E-state index contributed by atoms with van der Waals surface area (Å²) in [4.78, 5) is 23.3. The smallest absolute Gasteiger partial charge is 0.251 e. The quantitative estimate of drug-likeness (QED) is 0.107. The van der Waals surface area contributed by atoms with Gasteiger partial charge in [0.2, 0.25) is 0 Å². The van der Waals surface area contributed by atoms with Crippen LogP contribution in [0.4, 0.5) is 0 Å². The Kier molecular flexibility index (Phi) is 25.3. The molecule has 6 heteroatoms. The van der Waals surface area contributed by atoms with Crippen molar-refractivity contribution in [2.45, 2.75) is 47.0 Å². The van der Waals surface area contributed by atoms with Gasteiger partial charge in [0, 0.05) is 30.8 Å². The van der Waals surface area contributed by atoms with E-state index in [9.17, 15) is 9.59 Å². The van der Waals surface area contributed by atoms with Gasteiger partial charge in [0.15, 0.2) is 0 Å². The molecule has 53 heavy (non-hydrogen) atoms. The maximum atomic E-state index is 11.8. The lowest BCUT2D eigenvalue weighted by atomic mass is 10.1. The molecule has 0 aromatic heterocycles. The summed E-state index contributed by atoms with van der Waals surface area (Å²) in [7, 11) is 0. The van der Waals surface area contributed by atoms with E-state index in [4.69, 9.17) is 9.47 Å². The first-order chi connectivity index (χ1) is 25.7. The van der Waals surface area contributed by atoms with Crippen molar-refractivity contribution < 1.29 is 19.1 Å². The summed E-state index contributed by atoms with van der Waals surface area (Å²) < 4.78 is 10.6. The van der Waals surface area contributed by atoms with Crippen molar-refractivity contribution in [1.82, 2.24) is 10.6 Å². The van der Waals surface area contributed by atoms with Crippen LogP contribution < -0.4 is 10.6 Å². The second-order valence-corrected chi connectivity index (χ2v) is 11.8. The zero-order chi connectivity index (χ0) is 39.1. The van der Waals surface area contributed by atoms with Gasteiger partial charge < -0.3 is 20.1 Å². The van der Waals surface area contributed by atoms with Crippen molar-refractivity contribution in [2.75, 3.05) is 39.5 Å². The number of carbonyl (C=O) groups excluding carboxylic acids is 2. The predicted octanol–water partition coefficient (Wildman–Crippen LogP) is 10.5. The van der Waals surface area contributed by atoms with Gasteiger partial charge in [0.25, 0.3) is 11.8 Å². The third-order valence-corrected chi connectivity index (χ3v) is 7.54. The van der Waals surface area contributed by atoms with Crippen LogP contribution in [0.15, 0.2) is 123 Å². The van der Waals surface area contributed by atoms with E-state index in [1.165, 1.54) is 22.3 Å². The predicted molar refractivity (Wildman–Crippen MR) is 227 cm³/mol. The molecule has 0 radical (unpaired) electrons. The summed E-state index contributed by atoms with van der Waals surface area (Å²) in [5.41, 5.74) is 8.41. The Bertz CT molecular complexity index is 1610. The highest BCUT2D eigenvalue weighted by Crippen LogP contribution is 2.07. The van der Waals surface area contributed by atoms with E-state index >= 15 is 0 Å². The number of carbonyl (C=O) groups is 2. The fourth-order valence-corrected chi connectivity index (χ4v) is 4.28. The van der Waals surface area contributed by atoms with Crippen LogP contribution in [0, 0.1) is 6.92 Å². The fraction of sp³-hybridized carbons (Fsp3) is 0.277. The summed E-state index contributed by atoms with van der Waals surface area (Å²) in [6.45, 7) is 26.6. The first-order valence-electron chi connectivity index (χ1n) is 18.3. The highest BCUT2D eigenvalue weighted by atomic mass is 16.5. The third-order valence-electron chi connectivity index (χ3n) is 7.54. The van der Waals surface area contributed by atoms with Gasteiger partial charge in [-0.15, -0.1) is 0 Å². The highest BCUT2D eigenvalue weighted by Gasteiger charge is 2.04. The van der Waals surface area contributed by atoms with Crippen LogP contribution in [0.2, 0.25) is 0 Å². The van der Waals surface area contributed by atoms with Crippen molar-refractivity contribution in [3.8, 4) is 0 Å². The van der Waals surface area contributed by atoms with Crippen molar-refractivity contribution in [2.24, 2.45) is 0 Å². The molecule has 0 atom stereocenters.